The summed E-state index contributed by atoms with van der Waals surface area (Å²) in [5.74, 6) is -3.63. The Labute approximate surface area is 224 Å². The van der Waals surface area contributed by atoms with Gasteiger partial charge in [-0.15, -0.1) is 0 Å². The van der Waals surface area contributed by atoms with Crippen LogP contribution >= 0.6 is 0 Å². The van der Waals surface area contributed by atoms with Crippen LogP contribution in [0.3, 0.4) is 0 Å². The van der Waals surface area contributed by atoms with E-state index in [1.807, 2.05) is 4.90 Å². The Morgan fingerprint density at radius 1 is 1.00 bits per heavy atom. The standard InChI is InChI=1S/C24H25F2N5O2.C2HF3O2/c25-17-1-4-19(5-2-17)31-15-28-23(33)24(31)7-10-30(11-8-24)12-9-27-22(32)21-14-16-13-18(26)3-6-20(16)29-21;3-2(4,5)1(6)7/h1-6,13-14,29H,7-12,15H2,(H,27,32)(H,28,33);(H,6,7). The zero-order chi connectivity index (χ0) is 29.1. The molecule has 40 heavy (non-hydrogen) atoms. The predicted octanol–water partition coefficient (Wildman–Crippen LogP) is 3.24. The normalized spacial score (nSPS) is 16.9. The van der Waals surface area contributed by atoms with Gasteiger partial charge in [-0.2, -0.15) is 13.2 Å². The number of carbonyl (C=O) groups excluding carboxylic acids is 2. The highest BCUT2D eigenvalue weighted by molar-refractivity contribution is 5.98. The number of halogens is 5. The third-order valence-corrected chi connectivity index (χ3v) is 6.94. The Morgan fingerprint density at radius 2 is 1.62 bits per heavy atom. The van der Waals surface area contributed by atoms with Gasteiger partial charge in [0.15, 0.2) is 0 Å². The van der Waals surface area contributed by atoms with Gasteiger partial charge in [0.05, 0.1) is 6.67 Å². The lowest BCUT2D eigenvalue weighted by molar-refractivity contribution is -0.192. The monoisotopic (exact) mass is 567 g/mol. The molecule has 0 unspecified atom stereocenters. The molecule has 2 fully saturated rings. The second-order valence-corrected chi connectivity index (χ2v) is 9.42. The smallest absolute Gasteiger partial charge is 0.475 e. The van der Waals surface area contributed by atoms with Crippen LogP contribution in [0.2, 0.25) is 0 Å². The third kappa shape index (κ3) is 6.33. The Kier molecular flexibility index (Phi) is 8.28. The molecule has 0 atom stereocenters. The van der Waals surface area contributed by atoms with Crippen LogP contribution in [0.5, 0.6) is 0 Å². The lowest BCUT2D eigenvalue weighted by atomic mass is 9.85. The molecule has 3 heterocycles. The van der Waals surface area contributed by atoms with Gasteiger partial charge in [0, 0.05) is 42.8 Å². The summed E-state index contributed by atoms with van der Waals surface area (Å²) in [6.07, 6.45) is -3.78. The summed E-state index contributed by atoms with van der Waals surface area (Å²) in [5.41, 5.74) is 1.31. The van der Waals surface area contributed by atoms with Crippen molar-refractivity contribution in [3.63, 3.8) is 0 Å². The molecule has 214 valence electrons. The van der Waals surface area contributed by atoms with E-state index in [2.05, 4.69) is 20.5 Å². The van der Waals surface area contributed by atoms with Crippen LogP contribution in [0.25, 0.3) is 10.9 Å². The molecule has 4 N–H and O–H groups in total. The number of hydrogen-bond donors (Lipinski definition) is 4. The number of likely N-dealkylation sites (tertiary alicyclic amines) is 1. The maximum Gasteiger partial charge on any atom is 0.490 e. The van der Waals surface area contributed by atoms with E-state index in [0.717, 1.165) is 5.69 Å². The number of anilines is 1. The number of carboxylic acids is 1. The number of hydrogen-bond acceptors (Lipinski definition) is 5. The number of H-pyrrole nitrogens is 1. The second kappa shape index (κ2) is 11.5. The molecule has 1 aromatic heterocycles. The molecular formula is C26H26F5N5O4. The lowest BCUT2D eigenvalue weighted by Gasteiger charge is -2.43. The Balaban J connectivity index is 0.000000470. The van der Waals surface area contributed by atoms with Crippen molar-refractivity contribution >= 4 is 34.4 Å². The van der Waals surface area contributed by atoms with Crippen LogP contribution in [0, 0.1) is 11.6 Å². The van der Waals surface area contributed by atoms with E-state index in [1.54, 1.807) is 24.3 Å². The number of aromatic amines is 1. The number of fused-ring (bicyclic) bond motifs is 1. The predicted molar refractivity (Wildman–Crippen MR) is 135 cm³/mol. The van der Waals surface area contributed by atoms with Crippen molar-refractivity contribution < 1.29 is 41.4 Å². The molecule has 2 amide bonds. The van der Waals surface area contributed by atoms with Crippen molar-refractivity contribution in [3.05, 3.63) is 65.9 Å². The SMILES string of the molecule is O=C(NCCN1CCC2(CC1)C(=O)NCN2c1ccc(F)cc1)c1cc2cc(F)ccc2[nH]1.O=C(O)C(F)(F)F. The first-order chi connectivity index (χ1) is 18.9. The second-order valence-electron chi connectivity index (χ2n) is 9.42. The topological polar surface area (TPSA) is 118 Å². The van der Waals surface area contributed by atoms with Gasteiger partial charge in [-0.3, -0.25) is 9.59 Å². The number of carbonyl (C=O) groups is 3. The molecule has 2 aliphatic rings. The number of nitrogens with one attached hydrogen (secondary N) is 3. The Hall–Kier alpha value is -4.20. The van der Waals surface area contributed by atoms with Crippen molar-refractivity contribution in [2.24, 2.45) is 0 Å². The molecule has 9 nitrogen and oxygen atoms in total. The van der Waals surface area contributed by atoms with Gasteiger partial charge in [0.1, 0.15) is 22.9 Å². The number of aromatic nitrogens is 1. The number of alkyl halides is 3. The van der Waals surface area contributed by atoms with Gasteiger partial charge in [-0.25, -0.2) is 13.6 Å². The fourth-order valence-corrected chi connectivity index (χ4v) is 4.84. The number of piperidine rings is 1. The van der Waals surface area contributed by atoms with Crippen molar-refractivity contribution in [3.8, 4) is 0 Å². The van der Waals surface area contributed by atoms with Crippen LogP contribution in [-0.4, -0.2) is 77.3 Å². The zero-order valence-corrected chi connectivity index (χ0v) is 21.0. The average Bonchev–Trinajstić information content (AvgIpc) is 3.46. The first-order valence-electron chi connectivity index (χ1n) is 12.3. The highest BCUT2D eigenvalue weighted by atomic mass is 19.4. The molecule has 0 aliphatic carbocycles. The summed E-state index contributed by atoms with van der Waals surface area (Å²) in [6, 6.07) is 12.2. The number of rotatable bonds is 5. The number of amides is 2. The molecule has 0 saturated carbocycles. The summed E-state index contributed by atoms with van der Waals surface area (Å²) in [4.78, 5) is 41.4. The fraction of sp³-hybridized carbons (Fsp3) is 0.346. The molecule has 2 aromatic carbocycles. The molecule has 3 aromatic rings. The summed E-state index contributed by atoms with van der Waals surface area (Å²) >= 11 is 0. The number of benzene rings is 2. The summed E-state index contributed by atoms with van der Waals surface area (Å²) in [7, 11) is 0. The molecule has 0 bridgehead atoms. The number of carboxylic acid groups (broad SMARTS) is 1. The van der Waals surface area contributed by atoms with Gasteiger partial charge in [0.25, 0.3) is 5.91 Å². The van der Waals surface area contributed by atoms with Crippen LogP contribution in [0.4, 0.5) is 27.6 Å². The molecular weight excluding hydrogens is 541 g/mol. The van der Waals surface area contributed by atoms with E-state index < -0.39 is 17.7 Å². The summed E-state index contributed by atoms with van der Waals surface area (Å²) in [5, 5.41) is 13.6. The molecule has 5 rings (SSSR count). The summed E-state index contributed by atoms with van der Waals surface area (Å²) in [6.45, 7) is 2.96. The zero-order valence-electron chi connectivity index (χ0n) is 21.0. The summed E-state index contributed by atoms with van der Waals surface area (Å²) < 4.78 is 58.4. The molecule has 0 radical (unpaired) electrons. The maximum absolute atomic E-state index is 13.4. The van der Waals surface area contributed by atoms with E-state index >= 15 is 0 Å². The number of nitrogens with zero attached hydrogens (tertiary/aromatic N) is 2. The van der Waals surface area contributed by atoms with Gasteiger partial charge >= 0.3 is 12.1 Å². The van der Waals surface area contributed by atoms with Crippen LogP contribution in [0.1, 0.15) is 23.3 Å². The average molecular weight is 568 g/mol. The fourth-order valence-electron chi connectivity index (χ4n) is 4.84. The van der Waals surface area contributed by atoms with Crippen LogP contribution in [0.15, 0.2) is 48.5 Å². The van der Waals surface area contributed by atoms with E-state index in [0.29, 0.717) is 62.3 Å². The molecule has 2 saturated heterocycles. The van der Waals surface area contributed by atoms with E-state index in [-0.39, 0.29) is 23.4 Å². The Bertz CT molecular complexity index is 1380. The van der Waals surface area contributed by atoms with Crippen molar-refractivity contribution in [1.82, 2.24) is 20.5 Å². The minimum atomic E-state index is -5.08. The Morgan fingerprint density at radius 3 is 2.25 bits per heavy atom. The lowest BCUT2D eigenvalue weighted by Crippen LogP contribution is -2.57. The van der Waals surface area contributed by atoms with Crippen molar-refractivity contribution in [2.75, 3.05) is 37.7 Å². The molecule has 14 heteroatoms. The molecule has 2 aliphatic heterocycles. The van der Waals surface area contributed by atoms with E-state index in [9.17, 15) is 31.5 Å². The molecule has 1 spiro atoms. The minimum absolute atomic E-state index is 0.00928. The van der Waals surface area contributed by atoms with Crippen molar-refractivity contribution in [2.45, 2.75) is 24.6 Å². The van der Waals surface area contributed by atoms with Crippen LogP contribution in [-0.2, 0) is 9.59 Å². The first kappa shape index (κ1) is 28.8. The van der Waals surface area contributed by atoms with E-state index in [4.69, 9.17) is 9.90 Å². The van der Waals surface area contributed by atoms with Gasteiger partial charge in [-0.1, -0.05) is 0 Å². The minimum Gasteiger partial charge on any atom is -0.475 e. The highest BCUT2D eigenvalue weighted by Gasteiger charge is 2.50. The number of aliphatic carboxylic acids is 1. The van der Waals surface area contributed by atoms with Gasteiger partial charge in [0.2, 0.25) is 5.91 Å². The van der Waals surface area contributed by atoms with Crippen LogP contribution < -0.4 is 15.5 Å². The largest absolute Gasteiger partial charge is 0.490 e. The van der Waals surface area contributed by atoms with Gasteiger partial charge in [-0.05, 0) is 61.4 Å². The maximum atomic E-state index is 13.4. The van der Waals surface area contributed by atoms with Crippen molar-refractivity contribution in [1.29, 1.82) is 0 Å². The van der Waals surface area contributed by atoms with Gasteiger partial charge < -0.3 is 30.5 Å². The first-order valence-corrected chi connectivity index (χ1v) is 12.3. The highest BCUT2D eigenvalue weighted by Crippen LogP contribution is 2.36. The third-order valence-electron chi connectivity index (χ3n) is 6.94. The quantitative estimate of drug-likeness (QED) is 0.352. The van der Waals surface area contributed by atoms with E-state index in [1.165, 1.54) is 24.3 Å².